The molecule has 0 aromatic heterocycles. The Morgan fingerprint density at radius 3 is 2.61 bits per heavy atom. The zero-order valence-electron chi connectivity index (χ0n) is 18.0. The first-order chi connectivity index (χ1) is 15.1. The summed E-state index contributed by atoms with van der Waals surface area (Å²) in [5.41, 5.74) is 3.19. The molecule has 2 aliphatic heterocycles. The molecular formula is C28H25N3. The standard InChI is InChI=1S/C28H25N3/c1-28(2)25-11-5-7-20-8-6-16-31(27(20)25)26(28)15-13-19-12-14-23(21(17-29)18-30)24-10-4-3-9-22(19)24/h3-5,7,9-15,25,27H,6,8,16H2,1-2H3/b19-13+,26-15-. The van der Waals surface area contributed by atoms with Gasteiger partial charge < -0.3 is 4.90 Å². The van der Waals surface area contributed by atoms with Gasteiger partial charge in [-0.1, -0.05) is 74.5 Å². The number of hydrogen-bond acceptors (Lipinski definition) is 3. The van der Waals surface area contributed by atoms with E-state index in [4.69, 9.17) is 0 Å². The monoisotopic (exact) mass is 403 g/mol. The van der Waals surface area contributed by atoms with Crippen LogP contribution in [0.15, 0.2) is 72.0 Å². The van der Waals surface area contributed by atoms with Gasteiger partial charge in [0.1, 0.15) is 17.7 Å². The normalized spacial score (nSPS) is 25.2. The lowest BCUT2D eigenvalue weighted by atomic mass is 9.73. The summed E-state index contributed by atoms with van der Waals surface area (Å²) in [6.45, 7) is 5.84. The number of rotatable bonds is 1. The summed E-state index contributed by atoms with van der Waals surface area (Å²) >= 11 is 0. The Bertz CT molecular complexity index is 1360. The number of piperidine rings is 1. The van der Waals surface area contributed by atoms with Crippen molar-refractivity contribution < 1.29 is 0 Å². The molecule has 5 rings (SSSR count). The third kappa shape index (κ3) is 2.93. The summed E-state index contributed by atoms with van der Waals surface area (Å²) in [5.74, 6) is 0.509. The molecule has 1 aliphatic carbocycles. The highest BCUT2D eigenvalue weighted by atomic mass is 15.2. The second-order valence-corrected chi connectivity index (χ2v) is 9.18. The molecule has 0 spiro atoms. The highest BCUT2D eigenvalue weighted by molar-refractivity contribution is 5.89. The van der Waals surface area contributed by atoms with E-state index in [1.165, 1.54) is 18.5 Å². The molecule has 0 saturated carbocycles. The van der Waals surface area contributed by atoms with E-state index >= 15 is 0 Å². The lowest BCUT2D eigenvalue weighted by Gasteiger charge is -2.37. The van der Waals surface area contributed by atoms with Gasteiger partial charge >= 0.3 is 0 Å². The van der Waals surface area contributed by atoms with Gasteiger partial charge in [0, 0.05) is 28.8 Å². The van der Waals surface area contributed by atoms with Crippen molar-refractivity contribution in [3.8, 4) is 12.1 Å². The zero-order valence-corrected chi connectivity index (χ0v) is 18.0. The minimum Gasteiger partial charge on any atom is -0.367 e. The topological polar surface area (TPSA) is 50.8 Å². The van der Waals surface area contributed by atoms with Crippen LogP contribution in [0.3, 0.4) is 0 Å². The second-order valence-electron chi connectivity index (χ2n) is 9.18. The van der Waals surface area contributed by atoms with Crippen LogP contribution >= 0.6 is 0 Å². The quantitative estimate of drug-likeness (QED) is 0.713. The van der Waals surface area contributed by atoms with Crippen LogP contribution in [0.1, 0.15) is 26.7 Å². The van der Waals surface area contributed by atoms with E-state index in [1.807, 2.05) is 42.5 Å². The molecular weight excluding hydrogens is 378 g/mol. The fourth-order valence-electron chi connectivity index (χ4n) is 5.71. The van der Waals surface area contributed by atoms with E-state index in [2.05, 4.69) is 55.2 Å². The maximum atomic E-state index is 9.36. The molecule has 3 heteroatoms. The smallest absolute Gasteiger partial charge is 0.137 e. The Balaban J connectivity index is 1.69. The zero-order chi connectivity index (χ0) is 21.6. The van der Waals surface area contributed by atoms with Crippen LogP contribution in [0.25, 0.3) is 22.4 Å². The van der Waals surface area contributed by atoms with E-state index in [0.29, 0.717) is 17.2 Å². The van der Waals surface area contributed by atoms with Gasteiger partial charge in [-0.25, -0.2) is 0 Å². The van der Waals surface area contributed by atoms with Crippen molar-refractivity contribution in [2.75, 3.05) is 6.54 Å². The maximum Gasteiger partial charge on any atom is 0.137 e. The molecule has 2 unspecified atom stereocenters. The lowest BCUT2D eigenvalue weighted by molar-refractivity contribution is 0.258. The van der Waals surface area contributed by atoms with Crippen molar-refractivity contribution in [2.24, 2.45) is 11.3 Å². The first-order valence-corrected chi connectivity index (χ1v) is 10.9. The Labute approximate surface area is 183 Å². The summed E-state index contributed by atoms with van der Waals surface area (Å²) in [5, 5.41) is 22.5. The van der Waals surface area contributed by atoms with Gasteiger partial charge in [0.2, 0.25) is 0 Å². The maximum absolute atomic E-state index is 9.36. The number of benzene rings is 2. The molecule has 31 heavy (non-hydrogen) atoms. The van der Waals surface area contributed by atoms with E-state index in [9.17, 15) is 10.5 Å². The largest absolute Gasteiger partial charge is 0.367 e. The Kier molecular flexibility index (Phi) is 4.57. The van der Waals surface area contributed by atoms with Gasteiger partial charge in [0.25, 0.3) is 0 Å². The fourth-order valence-corrected chi connectivity index (χ4v) is 5.71. The van der Waals surface area contributed by atoms with Crippen LogP contribution in [0.4, 0.5) is 0 Å². The molecule has 2 heterocycles. The molecule has 2 aromatic carbocycles. The highest BCUT2D eigenvalue weighted by Gasteiger charge is 2.51. The van der Waals surface area contributed by atoms with E-state index < -0.39 is 0 Å². The second kappa shape index (κ2) is 7.29. The van der Waals surface area contributed by atoms with Gasteiger partial charge in [-0.3, -0.25) is 0 Å². The Morgan fingerprint density at radius 1 is 1.06 bits per heavy atom. The molecule has 152 valence electrons. The molecule has 0 N–H and O–H groups in total. The van der Waals surface area contributed by atoms with Crippen LogP contribution in [0, 0.1) is 34.0 Å². The molecule has 2 atom stereocenters. The van der Waals surface area contributed by atoms with Crippen molar-refractivity contribution in [1.82, 2.24) is 4.90 Å². The third-order valence-corrected chi connectivity index (χ3v) is 7.22. The van der Waals surface area contributed by atoms with Crippen LogP contribution < -0.4 is 10.4 Å². The number of nitriles is 2. The molecule has 3 nitrogen and oxygen atoms in total. The number of fused-ring (bicyclic) bond motifs is 1. The van der Waals surface area contributed by atoms with E-state index in [0.717, 1.165) is 22.5 Å². The molecule has 2 fully saturated rings. The predicted molar refractivity (Wildman–Crippen MR) is 125 cm³/mol. The summed E-state index contributed by atoms with van der Waals surface area (Å²) in [6.07, 6.45) is 13.9. The summed E-state index contributed by atoms with van der Waals surface area (Å²) in [4.78, 5) is 2.62. The van der Waals surface area contributed by atoms with Gasteiger partial charge in [-0.2, -0.15) is 10.5 Å². The lowest BCUT2D eigenvalue weighted by Crippen LogP contribution is -2.38. The number of hydrogen-bond donors (Lipinski definition) is 0. The van der Waals surface area contributed by atoms with Crippen LogP contribution in [0.2, 0.25) is 0 Å². The van der Waals surface area contributed by atoms with Crippen molar-refractivity contribution in [2.45, 2.75) is 32.7 Å². The molecule has 2 saturated heterocycles. The summed E-state index contributed by atoms with van der Waals surface area (Å²) in [7, 11) is 0. The molecule has 0 amide bonds. The summed E-state index contributed by atoms with van der Waals surface area (Å²) < 4.78 is 0. The van der Waals surface area contributed by atoms with Crippen LogP contribution in [0.5, 0.6) is 0 Å². The summed E-state index contributed by atoms with van der Waals surface area (Å²) in [6, 6.07) is 16.5. The van der Waals surface area contributed by atoms with Crippen molar-refractivity contribution >= 4 is 22.4 Å². The molecule has 0 radical (unpaired) electrons. The predicted octanol–water partition coefficient (Wildman–Crippen LogP) is 4.32. The van der Waals surface area contributed by atoms with Crippen LogP contribution in [-0.4, -0.2) is 17.5 Å². The number of nitrogens with zero attached hydrogens (tertiary/aromatic N) is 3. The molecule has 2 aromatic rings. The SMILES string of the molecule is CC1(C)/C(=C/C=c2\ccc(=C(C#N)C#N)c3ccccc23)N2CCCC3=CC=CC1C32. The highest BCUT2D eigenvalue weighted by Crippen LogP contribution is 2.53. The number of allylic oxidation sites excluding steroid dienone is 4. The van der Waals surface area contributed by atoms with Crippen LogP contribution in [-0.2, 0) is 0 Å². The van der Waals surface area contributed by atoms with Crippen molar-refractivity contribution in [3.05, 3.63) is 82.4 Å². The Hall–Kier alpha value is -3.56. The van der Waals surface area contributed by atoms with Crippen molar-refractivity contribution in [3.63, 3.8) is 0 Å². The Morgan fingerprint density at radius 2 is 1.84 bits per heavy atom. The minimum absolute atomic E-state index is 0.0693. The average molecular weight is 404 g/mol. The average Bonchev–Trinajstić information content (AvgIpc) is 3.02. The minimum atomic E-state index is 0.0693. The molecule has 3 aliphatic rings. The van der Waals surface area contributed by atoms with Gasteiger partial charge in [0.05, 0.1) is 6.04 Å². The van der Waals surface area contributed by atoms with Gasteiger partial charge in [-0.05, 0) is 40.5 Å². The fraction of sp³-hybridized carbons (Fsp3) is 0.286. The van der Waals surface area contributed by atoms with Gasteiger partial charge in [-0.15, -0.1) is 0 Å². The van der Waals surface area contributed by atoms with Crippen molar-refractivity contribution in [1.29, 1.82) is 10.5 Å². The van der Waals surface area contributed by atoms with E-state index in [1.54, 1.807) is 5.57 Å². The molecule has 0 bridgehead atoms. The van der Waals surface area contributed by atoms with Gasteiger partial charge in [0.15, 0.2) is 0 Å². The third-order valence-electron chi connectivity index (χ3n) is 7.22. The first-order valence-electron chi connectivity index (χ1n) is 10.9. The van der Waals surface area contributed by atoms with E-state index in [-0.39, 0.29) is 11.0 Å². The first kappa shape index (κ1) is 19.4.